The standard InChI is InChI=1S/C14H14Cl2FNOS/c1-7-8(2)20-13(18-7)6-14(3,19)9-4-12(17)11(16)5-10(9)15/h4-5,19H,6H2,1-3H3. The predicted octanol–water partition coefficient (Wildman–Crippen LogP) is 4.66. The Morgan fingerprint density at radius 1 is 1.30 bits per heavy atom. The maximum Gasteiger partial charge on any atom is 0.142 e. The van der Waals surface area contributed by atoms with Crippen molar-refractivity contribution >= 4 is 34.5 Å². The summed E-state index contributed by atoms with van der Waals surface area (Å²) in [7, 11) is 0. The van der Waals surface area contributed by atoms with Crippen LogP contribution < -0.4 is 0 Å². The molecule has 2 rings (SSSR count). The zero-order valence-electron chi connectivity index (χ0n) is 11.3. The Morgan fingerprint density at radius 2 is 1.95 bits per heavy atom. The van der Waals surface area contributed by atoms with E-state index in [4.69, 9.17) is 23.2 Å². The second kappa shape index (κ2) is 5.60. The lowest BCUT2D eigenvalue weighted by atomic mass is 9.92. The number of thiazole rings is 1. The lowest BCUT2D eigenvalue weighted by Crippen LogP contribution is -2.25. The molecule has 0 aliphatic heterocycles. The minimum Gasteiger partial charge on any atom is -0.385 e. The molecule has 1 unspecified atom stereocenters. The SMILES string of the molecule is Cc1nc(CC(C)(O)c2cc(F)c(Cl)cc2Cl)sc1C. The van der Waals surface area contributed by atoms with Gasteiger partial charge in [-0.15, -0.1) is 11.3 Å². The molecule has 6 heteroatoms. The van der Waals surface area contributed by atoms with Crippen LogP contribution in [0.2, 0.25) is 10.0 Å². The first-order chi connectivity index (χ1) is 9.20. The summed E-state index contributed by atoms with van der Waals surface area (Å²) >= 11 is 13.2. The highest BCUT2D eigenvalue weighted by Crippen LogP contribution is 2.35. The monoisotopic (exact) mass is 333 g/mol. The first kappa shape index (κ1) is 15.7. The van der Waals surface area contributed by atoms with Gasteiger partial charge in [0.15, 0.2) is 0 Å². The van der Waals surface area contributed by atoms with Crippen LogP contribution in [0.4, 0.5) is 4.39 Å². The molecule has 0 spiro atoms. The fraction of sp³-hybridized carbons (Fsp3) is 0.357. The van der Waals surface area contributed by atoms with Crippen LogP contribution in [0.25, 0.3) is 0 Å². The highest BCUT2D eigenvalue weighted by atomic mass is 35.5. The number of aromatic nitrogens is 1. The zero-order chi connectivity index (χ0) is 15.1. The normalized spacial score (nSPS) is 14.3. The second-order valence-electron chi connectivity index (χ2n) is 4.95. The van der Waals surface area contributed by atoms with Gasteiger partial charge in [-0.2, -0.15) is 0 Å². The van der Waals surface area contributed by atoms with Crippen LogP contribution in [0.15, 0.2) is 12.1 Å². The van der Waals surface area contributed by atoms with E-state index in [0.29, 0.717) is 5.56 Å². The van der Waals surface area contributed by atoms with Crippen LogP contribution in [0.5, 0.6) is 0 Å². The lowest BCUT2D eigenvalue weighted by molar-refractivity contribution is 0.0573. The van der Waals surface area contributed by atoms with Crippen molar-refractivity contribution in [3.05, 3.63) is 49.1 Å². The molecule has 0 radical (unpaired) electrons. The Balaban J connectivity index is 2.37. The van der Waals surface area contributed by atoms with Crippen molar-refractivity contribution < 1.29 is 9.50 Å². The smallest absolute Gasteiger partial charge is 0.142 e. The molecule has 1 aromatic carbocycles. The van der Waals surface area contributed by atoms with E-state index in [9.17, 15) is 9.50 Å². The van der Waals surface area contributed by atoms with Crippen molar-refractivity contribution in [1.29, 1.82) is 0 Å². The van der Waals surface area contributed by atoms with Crippen molar-refractivity contribution in [3.63, 3.8) is 0 Å². The van der Waals surface area contributed by atoms with Gasteiger partial charge in [0, 0.05) is 21.9 Å². The molecule has 1 heterocycles. The van der Waals surface area contributed by atoms with Gasteiger partial charge in [0.05, 0.1) is 21.3 Å². The van der Waals surface area contributed by atoms with Crippen molar-refractivity contribution in [3.8, 4) is 0 Å². The van der Waals surface area contributed by atoms with E-state index >= 15 is 0 Å². The first-order valence-corrected chi connectivity index (χ1v) is 7.58. The average molecular weight is 334 g/mol. The fourth-order valence-corrected chi connectivity index (χ4v) is 3.61. The van der Waals surface area contributed by atoms with Crippen molar-refractivity contribution in [2.75, 3.05) is 0 Å². The summed E-state index contributed by atoms with van der Waals surface area (Å²) in [6.45, 7) is 5.48. The van der Waals surface area contributed by atoms with Crippen molar-refractivity contribution in [1.82, 2.24) is 4.98 Å². The quantitative estimate of drug-likeness (QED) is 0.829. The molecule has 1 atom stereocenters. The van der Waals surface area contributed by atoms with Crippen molar-refractivity contribution in [2.45, 2.75) is 32.8 Å². The number of halogens is 3. The van der Waals surface area contributed by atoms with Crippen LogP contribution in [0, 0.1) is 19.7 Å². The summed E-state index contributed by atoms with van der Waals surface area (Å²) in [6.07, 6.45) is 0.271. The Morgan fingerprint density at radius 3 is 2.50 bits per heavy atom. The Hall–Kier alpha value is -0.680. The van der Waals surface area contributed by atoms with Gasteiger partial charge in [-0.3, -0.25) is 0 Å². The van der Waals surface area contributed by atoms with E-state index in [1.54, 1.807) is 6.92 Å². The topological polar surface area (TPSA) is 33.1 Å². The van der Waals surface area contributed by atoms with E-state index in [1.165, 1.54) is 23.5 Å². The molecule has 0 fully saturated rings. The summed E-state index contributed by atoms with van der Waals surface area (Å²) in [5, 5.41) is 11.6. The van der Waals surface area contributed by atoms with Gasteiger partial charge in [0.25, 0.3) is 0 Å². The molecule has 2 nitrogen and oxygen atoms in total. The van der Waals surface area contributed by atoms with Crippen LogP contribution in [-0.4, -0.2) is 10.1 Å². The Bertz CT molecular complexity index is 635. The van der Waals surface area contributed by atoms with Gasteiger partial charge in [-0.1, -0.05) is 23.2 Å². The third kappa shape index (κ3) is 3.14. The number of hydrogen-bond acceptors (Lipinski definition) is 3. The van der Waals surface area contributed by atoms with Gasteiger partial charge in [-0.25, -0.2) is 9.37 Å². The van der Waals surface area contributed by atoms with E-state index in [1.807, 2.05) is 13.8 Å². The van der Waals surface area contributed by atoms with Gasteiger partial charge >= 0.3 is 0 Å². The molecule has 2 aromatic rings. The van der Waals surface area contributed by atoms with Gasteiger partial charge in [0.2, 0.25) is 0 Å². The van der Waals surface area contributed by atoms with Gasteiger partial charge in [-0.05, 0) is 32.9 Å². The molecule has 0 amide bonds. The third-order valence-corrected chi connectivity index (χ3v) is 4.83. The number of benzene rings is 1. The van der Waals surface area contributed by atoms with E-state index in [-0.39, 0.29) is 16.5 Å². The molecular formula is C14H14Cl2FNOS. The molecule has 0 saturated heterocycles. The summed E-state index contributed by atoms with van der Waals surface area (Å²) in [4.78, 5) is 5.49. The summed E-state index contributed by atoms with van der Waals surface area (Å²) < 4.78 is 13.6. The zero-order valence-corrected chi connectivity index (χ0v) is 13.6. The molecular weight excluding hydrogens is 320 g/mol. The number of rotatable bonds is 3. The van der Waals surface area contributed by atoms with E-state index in [2.05, 4.69) is 4.98 Å². The minimum absolute atomic E-state index is 0.0597. The second-order valence-corrected chi connectivity index (χ2v) is 7.05. The van der Waals surface area contributed by atoms with Crippen LogP contribution >= 0.6 is 34.5 Å². The van der Waals surface area contributed by atoms with Gasteiger partial charge in [0.1, 0.15) is 5.82 Å². The molecule has 0 aliphatic carbocycles. The number of aliphatic hydroxyl groups is 1. The van der Waals surface area contributed by atoms with E-state index < -0.39 is 11.4 Å². The minimum atomic E-state index is -1.31. The van der Waals surface area contributed by atoms with Gasteiger partial charge < -0.3 is 5.11 Å². The fourth-order valence-electron chi connectivity index (χ4n) is 1.94. The molecule has 1 aromatic heterocycles. The summed E-state index contributed by atoms with van der Waals surface area (Å²) in [5.74, 6) is -0.599. The highest BCUT2D eigenvalue weighted by molar-refractivity contribution is 7.11. The highest BCUT2D eigenvalue weighted by Gasteiger charge is 2.29. The van der Waals surface area contributed by atoms with E-state index in [0.717, 1.165) is 15.6 Å². The summed E-state index contributed by atoms with van der Waals surface area (Å²) in [6, 6.07) is 2.48. The molecule has 108 valence electrons. The molecule has 20 heavy (non-hydrogen) atoms. The van der Waals surface area contributed by atoms with Crippen LogP contribution in [0.1, 0.15) is 28.1 Å². The lowest BCUT2D eigenvalue weighted by Gasteiger charge is -2.24. The number of nitrogens with zero attached hydrogens (tertiary/aromatic N) is 1. The summed E-state index contributed by atoms with van der Waals surface area (Å²) in [5.41, 5.74) is -0.0556. The van der Waals surface area contributed by atoms with Crippen LogP contribution in [0.3, 0.4) is 0 Å². The average Bonchev–Trinajstić information content (AvgIpc) is 2.61. The molecule has 0 aliphatic rings. The van der Waals surface area contributed by atoms with Crippen molar-refractivity contribution in [2.24, 2.45) is 0 Å². The first-order valence-electron chi connectivity index (χ1n) is 6.01. The maximum atomic E-state index is 13.6. The molecule has 0 bridgehead atoms. The maximum absolute atomic E-state index is 13.6. The third-order valence-electron chi connectivity index (χ3n) is 3.16. The molecule has 1 N–H and O–H groups in total. The van der Waals surface area contributed by atoms with Crippen LogP contribution in [-0.2, 0) is 12.0 Å². The molecule has 0 saturated carbocycles. The Kier molecular flexibility index (Phi) is 4.40. The Labute approximate surface area is 131 Å². The largest absolute Gasteiger partial charge is 0.385 e. The number of aryl methyl sites for hydroxylation is 2. The number of hydrogen-bond donors (Lipinski definition) is 1. The predicted molar refractivity (Wildman–Crippen MR) is 81.3 cm³/mol.